The van der Waals surface area contributed by atoms with Gasteiger partial charge in [-0.15, -0.1) is 11.8 Å². The molecule has 4 heteroatoms. The summed E-state index contributed by atoms with van der Waals surface area (Å²) < 4.78 is 0. The molecule has 0 atom stereocenters. The molecule has 1 amide bonds. The van der Waals surface area contributed by atoms with Crippen LogP contribution in [0.1, 0.15) is 6.92 Å². The fourth-order valence-electron chi connectivity index (χ4n) is 0.830. The topological polar surface area (TPSA) is 42.0 Å². The molecule has 0 fully saturated rings. The molecule has 1 N–H and O–H groups in total. The van der Waals surface area contributed by atoms with Crippen molar-refractivity contribution >= 4 is 17.7 Å². The molecule has 0 aliphatic carbocycles. The zero-order chi connectivity index (χ0) is 9.52. The average Bonchev–Trinajstić information content (AvgIpc) is 2.14. The minimum atomic E-state index is 0.0235. The monoisotopic (exact) mass is 196 g/mol. The molecule has 1 rings (SSSR count). The molecule has 1 heterocycles. The maximum Gasteiger partial charge on any atom is 0.216 e. The van der Waals surface area contributed by atoms with E-state index < -0.39 is 0 Å². The van der Waals surface area contributed by atoms with Crippen LogP contribution in [0.5, 0.6) is 0 Å². The fraction of sp³-hybridized carbons (Fsp3) is 0.333. The van der Waals surface area contributed by atoms with Crippen molar-refractivity contribution in [2.24, 2.45) is 0 Å². The lowest BCUT2D eigenvalue weighted by atomic mass is 10.5. The normalized spacial score (nSPS) is 9.62. The first-order valence-corrected chi connectivity index (χ1v) is 5.05. The Morgan fingerprint density at radius 3 is 2.85 bits per heavy atom. The summed E-state index contributed by atoms with van der Waals surface area (Å²) in [6.07, 6.45) is 3.53. The molecule has 0 spiro atoms. The second-order valence-corrected chi connectivity index (χ2v) is 3.68. The summed E-state index contributed by atoms with van der Waals surface area (Å²) >= 11 is 1.71. The van der Waals surface area contributed by atoms with Gasteiger partial charge < -0.3 is 5.32 Å². The second kappa shape index (κ2) is 5.59. The molecule has 70 valence electrons. The maximum absolute atomic E-state index is 10.5. The Balaban J connectivity index is 2.17. The van der Waals surface area contributed by atoms with Gasteiger partial charge in [0.05, 0.1) is 0 Å². The Hall–Kier alpha value is -1.03. The van der Waals surface area contributed by atoms with Crippen LogP contribution in [0, 0.1) is 0 Å². The van der Waals surface area contributed by atoms with E-state index in [2.05, 4.69) is 10.3 Å². The molecule has 0 saturated carbocycles. The quantitative estimate of drug-likeness (QED) is 0.583. The molecular formula is C9H12N2OS. The predicted molar refractivity (Wildman–Crippen MR) is 53.6 cm³/mol. The third-order valence-corrected chi connectivity index (χ3v) is 2.41. The van der Waals surface area contributed by atoms with Crippen molar-refractivity contribution < 1.29 is 4.79 Å². The van der Waals surface area contributed by atoms with E-state index in [4.69, 9.17) is 0 Å². The third kappa shape index (κ3) is 4.52. The smallest absolute Gasteiger partial charge is 0.216 e. The summed E-state index contributed by atoms with van der Waals surface area (Å²) in [5.74, 6) is 0.916. The lowest BCUT2D eigenvalue weighted by Gasteiger charge is -2.01. The number of nitrogens with one attached hydrogen (secondary N) is 1. The molecule has 13 heavy (non-hydrogen) atoms. The summed E-state index contributed by atoms with van der Waals surface area (Å²) in [6.45, 7) is 2.24. The van der Waals surface area contributed by atoms with Gasteiger partial charge in [0.15, 0.2) is 0 Å². The Bertz CT molecular complexity index is 264. The number of amides is 1. The summed E-state index contributed by atoms with van der Waals surface area (Å²) in [6, 6.07) is 3.91. The summed E-state index contributed by atoms with van der Waals surface area (Å²) in [4.78, 5) is 15.6. The van der Waals surface area contributed by atoms with E-state index in [0.29, 0.717) is 6.54 Å². The van der Waals surface area contributed by atoms with Crippen molar-refractivity contribution in [1.29, 1.82) is 0 Å². The highest BCUT2D eigenvalue weighted by molar-refractivity contribution is 7.99. The molecule has 3 nitrogen and oxygen atoms in total. The van der Waals surface area contributed by atoms with E-state index in [1.165, 1.54) is 11.8 Å². The predicted octanol–water partition coefficient (Wildman–Crippen LogP) is 1.31. The number of rotatable bonds is 4. The summed E-state index contributed by atoms with van der Waals surface area (Å²) in [5, 5.41) is 2.74. The van der Waals surface area contributed by atoms with Gasteiger partial charge in [0.2, 0.25) is 5.91 Å². The fourth-order valence-corrected chi connectivity index (χ4v) is 1.58. The van der Waals surface area contributed by atoms with Crippen molar-refractivity contribution in [3.8, 4) is 0 Å². The number of thioether (sulfide) groups is 1. The van der Waals surface area contributed by atoms with Crippen LogP contribution in [0.2, 0.25) is 0 Å². The summed E-state index contributed by atoms with van der Waals surface area (Å²) in [7, 11) is 0. The van der Waals surface area contributed by atoms with Crippen LogP contribution >= 0.6 is 11.8 Å². The Labute approximate surface area is 81.9 Å². The van der Waals surface area contributed by atoms with Gasteiger partial charge in [-0.05, 0) is 12.1 Å². The molecular weight excluding hydrogens is 184 g/mol. The van der Waals surface area contributed by atoms with Gasteiger partial charge in [0, 0.05) is 36.5 Å². The molecule has 0 saturated heterocycles. The first-order valence-electron chi connectivity index (χ1n) is 4.06. The number of hydrogen-bond acceptors (Lipinski definition) is 3. The maximum atomic E-state index is 10.5. The molecule has 0 unspecified atom stereocenters. The molecule has 0 bridgehead atoms. The van der Waals surface area contributed by atoms with Crippen LogP contribution in [0.4, 0.5) is 0 Å². The zero-order valence-electron chi connectivity index (χ0n) is 7.49. The van der Waals surface area contributed by atoms with Crippen molar-refractivity contribution in [1.82, 2.24) is 10.3 Å². The molecule has 0 aliphatic rings. The van der Waals surface area contributed by atoms with Gasteiger partial charge in [-0.3, -0.25) is 9.78 Å². The summed E-state index contributed by atoms with van der Waals surface area (Å²) in [5.41, 5.74) is 0. The minimum Gasteiger partial charge on any atom is -0.356 e. The standard InChI is InChI=1S/C9H12N2OS/c1-8(12)11-6-7-13-9-2-4-10-5-3-9/h2-5H,6-7H2,1H3,(H,11,12). The van der Waals surface area contributed by atoms with Crippen molar-refractivity contribution in [2.75, 3.05) is 12.3 Å². The number of carbonyl (C=O) groups is 1. The SMILES string of the molecule is CC(=O)NCCSc1ccncc1. The van der Waals surface area contributed by atoms with Crippen LogP contribution in [-0.4, -0.2) is 23.2 Å². The van der Waals surface area contributed by atoms with Crippen molar-refractivity contribution in [2.45, 2.75) is 11.8 Å². The highest BCUT2D eigenvalue weighted by atomic mass is 32.2. The van der Waals surface area contributed by atoms with E-state index in [1.54, 1.807) is 24.2 Å². The third-order valence-electron chi connectivity index (χ3n) is 1.39. The van der Waals surface area contributed by atoms with Crippen LogP contribution in [0.15, 0.2) is 29.4 Å². The van der Waals surface area contributed by atoms with Gasteiger partial charge in [0.25, 0.3) is 0 Å². The minimum absolute atomic E-state index is 0.0235. The molecule has 0 radical (unpaired) electrons. The van der Waals surface area contributed by atoms with E-state index in [0.717, 1.165) is 5.75 Å². The second-order valence-electron chi connectivity index (χ2n) is 2.51. The molecule has 0 aliphatic heterocycles. The lowest BCUT2D eigenvalue weighted by molar-refractivity contribution is -0.118. The Kier molecular flexibility index (Phi) is 4.32. The van der Waals surface area contributed by atoms with Crippen molar-refractivity contribution in [3.63, 3.8) is 0 Å². The molecule has 1 aromatic heterocycles. The zero-order valence-corrected chi connectivity index (χ0v) is 8.30. The van der Waals surface area contributed by atoms with Crippen molar-refractivity contribution in [3.05, 3.63) is 24.5 Å². The first kappa shape index (κ1) is 10.1. The highest BCUT2D eigenvalue weighted by Crippen LogP contribution is 2.14. The number of carbonyl (C=O) groups excluding carboxylic acids is 1. The largest absolute Gasteiger partial charge is 0.356 e. The van der Waals surface area contributed by atoms with Crippen LogP contribution in [-0.2, 0) is 4.79 Å². The Morgan fingerprint density at radius 1 is 1.54 bits per heavy atom. The lowest BCUT2D eigenvalue weighted by Crippen LogP contribution is -2.22. The van der Waals surface area contributed by atoms with Gasteiger partial charge in [-0.2, -0.15) is 0 Å². The molecule has 1 aromatic rings. The van der Waals surface area contributed by atoms with Crippen LogP contribution in [0.25, 0.3) is 0 Å². The van der Waals surface area contributed by atoms with Gasteiger partial charge >= 0.3 is 0 Å². The van der Waals surface area contributed by atoms with Gasteiger partial charge in [-0.25, -0.2) is 0 Å². The number of aromatic nitrogens is 1. The van der Waals surface area contributed by atoms with Crippen LogP contribution < -0.4 is 5.32 Å². The van der Waals surface area contributed by atoms with E-state index in [1.807, 2.05) is 12.1 Å². The number of pyridine rings is 1. The highest BCUT2D eigenvalue weighted by Gasteiger charge is 1.93. The van der Waals surface area contributed by atoms with Gasteiger partial charge in [-0.1, -0.05) is 0 Å². The first-order chi connectivity index (χ1) is 6.29. The van der Waals surface area contributed by atoms with E-state index >= 15 is 0 Å². The van der Waals surface area contributed by atoms with E-state index in [9.17, 15) is 4.79 Å². The van der Waals surface area contributed by atoms with Crippen LogP contribution in [0.3, 0.4) is 0 Å². The number of hydrogen-bond donors (Lipinski definition) is 1. The van der Waals surface area contributed by atoms with Gasteiger partial charge in [0.1, 0.15) is 0 Å². The Morgan fingerprint density at radius 2 is 2.23 bits per heavy atom. The van der Waals surface area contributed by atoms with E-state index in [-0.39, 0.29) is 5.91 Å². The average molecular weight is 196 g/mol. The number of nitrogens with zero attached hydrogens (tertiary/aromatic N) is 1. The molecule has 0 aromatic carbocycles.